The molecule has 4 heterocycles. The predicted molar refractivity (Wildman–Crippen MR) is 173 cm³/mol. The van der Waals surface area contributed by atoms with E-state index in [1.54, 1.807) is 30.5 Å². The lowest BCUT2D eigenvalue weighted by Gasteiger charge is -2.39. The molecule has 0 unspecified atom stereocenters. The van der Waals surface area contributed by atoms with Crippen molar-refractivity contribution in [3.63, 3.8) is 0 Å². The fraction of sp³-hybridized carbons (Fsp3) is 0.176. The fourth-order valence-electron chi connectivity index (χ4n) is 5.58. The maximum Gasteiger partial charge on any atom is 0.273 e. The van der Waals surface area contributed by atoms with E-state index in [9.17, 15) is 9.18 Å². The second-order valence-electron chi connectivity index (χ2n) is 10.6. The zero-order valence-corrected chi connectivity index (χ0v) is 25.8. The van der Waals surface area contributed by atoms with Crippen LogP contribution in [-0.2, 0) is 5.75 Å². The highest BCUT2D eigenvalue weighted by Gasteiger charge is 2.29. The normalized spacial score (nSPS) is 13.9. The number of carbonyl (C=O) groups is 1. The second kappa shape index (κ2) is 13.2. The molecule has 226 valence electrons. The molecule has 8 nitrogen and oxygen atoms in total. The Morgan fingerprint density at radius 2 is 1.56 bits per heavy atom. The second-order valence-corrected chi connectivity index (χ2v) is 12.4. The summed E-state index contributed by atoms with van der Waals surface area (Å²) in [6, 6.07) is 31.0. The fourth-order valence-corrected chi connectivity index (χ4v) is 7.32. The van der Waals surface area contributed by atoms with Crippen LogP contribution in [0, 0.1) is 5.82 Å². The van der Waals surface area contributed by atoms with E-state index < -0.39 is 0 Å². The third kappa shape index (κ3) is 6.32. The number of rotatable bonds is 9. The summed E-state index contributed by atoms with van der Waals surface area (Å²) in [5, 5.41) is 12.0. The van der Waals surface area contributed by atoms with Gasteiger partial charge in [-0.3, -0.25) is 14.3 Å². The summed E-state index contributed by atoms with van der Waals surface area (Å²) in [7, 11) is 0. The van der Waals surface area contributed by atoms with Crippen LogP contribution in [0.2, 0.25) is 0 Å². The first-order valence-electron chi connectivity index (χ1n) is 14.6. The van der Waals surface area contributed by atoms with Crippen molar-refractivity contribution in [2.45, 2.75) is 17.0 Å². The van der Waals surface area contributed by atoms with Crippen molar-refractivity contribution >= 4 is 29.0 Å². The third-order valence-electron chi connectivity index (χ3n) is 7.75. The molecule has 1 saturated heterocycles. The van der Waals surface area contributed by atoms with Crippen LogP contribution in [0.1, 0.15) is 32.7 Å². The first kappa shape index (κ1) is 29.1. The van der Waals surface area contributed by atoms with Gasteiger partial charge in [0.25, 0.3) is 5.91 Å². The summed E-state index contributed by atoms with van der Waals surface area (Å²) in [6.45, 7) is 2.80. The van der Waals surface area contributed by atoms with E-state index in [-0.39, 0.29) is 17.8 Å². The van der Waals surface area contributed by atoms with Crippen molar-refractivity contribution in [1.29, 1.82) is 0 Å². The molecule has 0 saturated carbocycles. The Morgan fingerprint density at radius 1 is 0.867 bits per heavy atom. The minimum absolute atomic E-state index is 0.0484. The van der Waals surface area contributed by atoms with Gasteiger partial charge in [0.2, 0.25) is 5.82 Å². The van der Waals surface area contributed by atoms with Gasteiger partial charge in [-0.2, -0.15) is 0 Å². The molecule has 1 amide bonds. The standard InChI is InChI=1S/C34H29FN6O2S2/c35-26-13-15-27(16-14-26)41-32(29-12-7-21-43-29)37-38-34(41)45-23-30-36-28(22-44-30)33(42)40-19-17-39(18-20-40)31(24-8-3-1-4-9-24)25-10-5-2-6-11-25/h1-16,21-22,31H,17-20,23H2. The molecular formula is C34H29FN6O2S2. The molecule has 7 rings (SSSR count). The first-order chi connectivity index (χ1) is 22.1. The van der Waals surface area contributed by atoms with Crippen LogP contribution in [0.15, 0.2) is 118 Å². The van der Waals surface area contributed by atoms with Crippen LogP contribution >= 0.6 is 23.1 Å². The van der Waals surface area contributed by atoms with Gasteiger partial charge in [0.15, 0.2) is 10.9 Å². The van der Waals surface area contributed by atoms with Crippen molar-refractivity contribution < 1.29 is 13.6 Å². The number of piperazine rings is 1. The van der Waals surface area contributed by atoms with Gasteiger partial charge in [0, 0.05) is 31.6 Å². The number of hydrogen-bond donors (Lipinski definition) is 0. The molecule has 6 aromatic rings. The van der Waals surface area contributed by atoms with Crippen molar-refractivity contribution in [3.05, 3.63) is 136 Å². The lowest BCUT2D eigenvalue weighted by Crippen LogP contribution is -2.50. The average molecular weight is 637 g/mol. The number of amides is 1. The largest absolute Gasteiger partial charge is 0.461 e. The average Bonchev–Trinajstić information content (AvgIpc) is 3.87. The zero-order chi connectivity index (χ0) is 30.6. The Morgan fingerprint density at radius 3 is 2.20 bits per heavy atom. The van der Waals surface area contributed by atoms with Crippen LogP contribution in [0.4, 0.5) is 4.39 Å². The van der Waals surface area contributed by atoms with E-state index in [0.717, 1.165) is 18.1 Å². The highest BCUT2D eigenvalue weighted by Crippen LogP contribution is 2.32. The van der Waals surface area contributed by atoms with Crippen LogP contribution in [-0.4, -0.2) is 61.6 Å². The number of hydrogen-bond acceptors (Lipinski definition) is 8. The monoisotopic (exact) mass is 636 g/mol. The van der Waals surface area contributed by atoms with E-state index in [1.165, 1.54) is 46.4 Å². The Balaban J connectivity index is 1.02. The summed E-state index contributed by atoms with van der Waals surface area (Å²) in [4.78, 5) is 22.5. The van der Waals surface area contributed by atoms with E-state index in [2.05, 4.69) is 68.6 Å². The van der Waals surface area contributed by atoms with Gasteiger partial charge in [-0.15, -0.1) is 21.5 Å². The van der Waals surface area contributed by atoms with Gasteiger partial charge >= 0.3 is 0 Å². The highest BCUT2D eigenvalue weighted by molar-refractivity contribution is 7.98. The molecule has 3 aromatic heterocycles. The number of carbonyl (C=O) groups excluding carboxylic acids is 1. The minimum Gasteiger partial charge on any atom is -0.461 e. The van der Waals surface area contributed by atoms with Crippen molar-refractivity contribution in [2.24, 2.45) is 0 Å². The van der Waals surface area contributed by atoms with Crippen LogP contribution < -0.4 is 0 Å². The topological polar surface area (TPSA) is 80.3 Å². The zero-order valence-electron chi connectivity index (χ0n) is 24.2. The Kier molecular flexibility index (Phi) is 8.54. The number of thioether (sulfide) groups is 1. The molecule has 0 atom stereocenters. The number of furan rings is 1. The van der Waals surface area contributed by atoms with E-state index in [4.69, 9.17) is 4.42 Å². The maximum atomic E-state index is 13.7. The molecular weight excluding hydrogens is 608 g/mol. The quantitative estimate of drug-likeness (QED) is 0.159. The van der Waals surface area contributed by atoms with Crippen LogP contribution in [0.5, 0.6) is 0 Å². The van der Waals surface area contributed by atoms with Gasteiger partial charge < -0.3 is 9.32 Å². The Labute approximate surface area is 268 Å². The molecule has 11 heteroatoms. The number of aromatic nitrogens is 4. The van der Waals surface area contributed by atoms with E-state index in [0.29, 0.717) is 47.0 Å². The van der Waals surface area contributed by atoms with Gasteiger partial charge in [-0.1, -0.05) is 72.4 Å². The Hall–Kier alpha value is -4.58. The summed E-state index contributed by atoms with van der Waals surface area (Å²) in [5.41, 5.74) is 3.67. The van der Waals surface area contributed by atoms with Gasteiger partial charge in [-0.25, -0.2) is 9.37 Å². The summed E-state index contributed by atoms with van der Waals surface area (Å²) >= 11 is 2.90. The molecule has 0 radical (unpaired) electrons. The van der Waals surface area contributed by atoms with E-state index in [1.807, 2.05) is 27.0 Å². The molecule has 1 aliphatic heterocycles. The summed E-state index contributed by atoms with van der Waals surface area (Å²) < 4.78 is 21.1. The highest BCUT2D eigenvalue weighted by atomic mass is 32.2. The third-order valence-corrected chi connectivity index (χ3v) is 9.72. The molecule has 1 aliphatic rings. The van der Waals surface area contributed by atoms with Crippen LogP contribution in [0.3, 0.4) is 0 Å². The molecule has 3 aromatic carbocycles. The number of thiazole rings is 1. The van der Waals surface area contributed by atoms with Gasteiger partial charge in [0.05, 0.1) is 23.7 Å². The predicted octanol–water partition coefficient (Wildman–Crippen LogP) is 6.96. The van der Waals surface area contributed by atoms with Crippen molar-refractivity contribution in [2.75, 3.05) is 26.2 Å². The van der Waals surface area contributed by atoms with Crippen molar-refractivity contribution in [3.8, 4) is 17.3 Å². The summed E-state index contributed by atoms with van der Waals surface area (Å²) in [5.74, 6) is 1.20. The first-order valence-corrected chi connectivity index (χ1v) is 16.5. The SMILES string of the molecule is O=C(c1csc(CSc2nnc(-c3ccco3)n2-c2ccc(F)cc2)n1)N1CCN(C(c2ccccc2)c2ccccc2)CC1. The molecule has 1 fully saturated rings. The molecule has 0 bridgehead atoms. The molecule has 0 aliphatic carbocycles. The number of benzene rings is 3. The van der Waals surface area contributed by atoms with Crippen LogP contribution in [0.25, 0.3) is 17.3 Å². The number of halogens is 1. The van der Waals surface area contributed by atoms with E-state index >= 15 is 0 Å². The lowest BCUT2D eigenvalue weighted by atomic mass is 9.96. The molecule has 0 N–H and O–H groups in total. The smallest absolute Gasteiger partial charge is 0.273 e. The molecule has 0 spiro atoms. The number of nitrogens with zero attached hydrogens (tertiary/aromatic N) is 6. The van der Waals surface area contributed by atoms with Gasteiger partial charge in [0.1, 0.15) is 16.5 Å². The minimum atomic E-state index is -0.325. The Bertz CT molecular complexity index is 1810. The lowest BCUT2D eigenvalue weighted by molar-refractivity contribution is 0.0592. The van der Waals surface area contributed by atoms with Gasteiger partial charge in [-0.05, 0) is 47.5 Å². The maximum absolute atomic E-state index is 13.7. The van der Waals surface area contributed by atoms with Crippen molar-refractivity contribution in [1.82, 2.24) is 29.5 Å². The molecule has 45 heavy (non-hydrogen) atoms. The summed E-state index contributed by atoms with van der Waals surface area (Å²) in [6.07, 6.45) is 1.57.